The van der Waals surface area contributed by atoms with Crippen LogP contribution < -0.4 is 15.7 Å². The first-order valence-electron chi connectivity index (χ1n) is 12.8. The summed E-state index contributed by atoms with van der Waals surface area (Å²) in [6, 6.07) is 24.9. The molecule has 4 aromatic rings. The van der Waals surface area contributed by atoms with Crippen LogP contribution in [0.25, 0.3) is 11.0 Å². The fraction of sp³-hybridized carbons (Fsp3) is 0.290. The van der Waals surface area contributed by atoms with E-state index in [-0.39, 0.29) is 24.5 Å². The van der Waals surface area contributed by atoms with E-state index in [4.69, 9.17) is 9.15 Å². The molecular weight excluding hydrogens is 464 g/mol. The van der Waals surface area contributed by atoms with E-state index in [0.717, 1.165) is 53.8 Å². The van der Waals surface area contributed by atoms with E-state index in [9.17, 15) is 9.59 Å². The van der Waals surface area contributed by atoms with Gasteiger partial charge in [-0.15, -0.1) is 0 Å². The van der Waals surface area contributed by atoms with E-state index in [0.29, 0.717) is 11.1 Å². The molecule has 3 aromatic carbocycles. The number of piperidine rings is 1. The van der Waals surface area contributed by atoms with Crippen molar-refractivity contribution in [3.05, 3.63) is 112 Å². The normalized spacial score (nSPS) is 14.7. The van der Waals surface area contributed by atoms with Gasteiger partial charge in [-0.25, -0.2) is 4.79 Å². The number of benzene rings is 3. The quantitative estimate of drug-likeness (QED) is 0.364. The monoisotopic (exact) mass is 496 g/mol. The van der Waals surface area contributed by atoms with Gasteiger partial charge >= 0.3 is 5.63 Å². The number of nitrogens with one attached hydrogen (secondary N) is 1. The molecule has 1 fully saturated rings. The van der Waals surface area contributed by atoms with Crippen LogP contribution in [0.3, 0.4) is 0 Å². The number of ether oxygens (including phenoxy) is 1. The van der Waals surface area contributed by atoms with Crippen molar-refractivity contribution in [1.29, 1.82) is 0 Å². The predicted octanol–water partition coefficient (Wildman–Crippen LogP) is 5.02. The highest BCUT2D eigenvalue weighted by molar-refractivity contribution is 5.84. The fourth-order valence-electron chi connectivity index (χ4n) is 4.92. The number of fused-ring (bicyclic) bond motifs is 1. The van der Waals surface area contributed by atoms with E-state index in [1.165, 1.54) is 0 Å². The van der Waals surface area contributed by atoms with Gasteiger partial charge in [0, 0.05) is 29.6 Å². The first-order chi connectivity index (χ1) is 18.0. The summed E-state index contributed by atoms with van der Waals surface area (Å²) < 4.78 is 12.0. The van der Waals surface area contributed by atoms with Crippen molar-refractivity contribution in [2.75, 3.05) is 20.1 Å². The lowest BCUT2D eigenvalue weighted by molar-refractivity contribution is -0.121. The molecule has 0 radical (unpaired) electrons. The highest BCUT2D eigenvalue weighted by Gasteiger charge is 2.21. The zero-order valence-electron chi connectivity index (χ0n) is 21.3. The summed E-state index contributed by atoms with van der Waals surface area (Å²) in [6.07, 6.45) is 2.03. The van der Waals surface area contributed by atoms with Gasteiger partial charge in [-0.05, 0) is 56.1 Å². The molecule has 1 aromatic heterocycles. The van der Waals surface area contributed by atoms with Gasteiger partial charge < -0.3 is 19.4 Å². The van der Waals surface area contributed by atoms with E-state index < -0.39 is 5.63 Å². The Labute approximate surface area is 216 Å². The average Bonchev–Trinajstić information content (AvgIpc) is 2.92. The van der Waals surface area contributed by atoms with Crippen LogP contribution in [0.15, 0.2) is 88.1 Å². The summed E-state index contributed by atoms with van der Waals surface area (Å²) in [5.74, 6) is 0.493. The summed E-state index contributed by atoms with van der Waals surface area (Å²) in [7, 11) is 2.12. The van der Waals surface area contributed by atoms with Crippen LogP contribution in [-0.4, -0.2) is 37.0 Å². The molecule has 190 valence electrons. The van der Waals surface area contributed by atoms with Crippen LogP contribution in [0.2, 0.25) is 0 Å². The second-order valence-electron chi connectivity index (χ2n) is 9.79. The van der Waals surface area contributed by atoms with Gasteiger partial charge in [-0.3, -0.25) is 4.79 Å². The molecule has 1 saturated heterocycles. The van der Waals surface area contributed by atoms with E-state index in [2.05, 4.69) is 17.3 Å². The molecular formula is C31H32N2O4. The predicted molar refractivity (Wildman–Crippen MR) is 145 cm³/mol. The van der Waals surface area contributed by atoms with Crippen LogP contribution >= 0.6 is 0 Å². The number of carbonyl (C=O) groups excluding carboxylic acids is 1. The van der Waals surface area contributed by atoms with E-state index in [1.54, 1.807) is 6.07 Å². The molecule has 5 rings (SSSR count). The molecule has 0 unspecified atom stereocenters. The van der Waals surface area contributed by atoms with Crippen LogP contribution in [0.4, 0.5) is 0 Å². The lowest BCUT2D eigenvalue weighted by atomic mass is 9.98. The maximum Gasteiger partial charge on any atom is 0.339 e. The smallest absolute Gasteiger partial charge is 0.339 e. The lowest BCUT2D eigenvalue weighted by Crippen LogP contribution is -2.35. The van der Waals surface area contributed by atoms with Crippen LogP contribution in [0, 0.1) is 6.92 Å². The Morgan fingerprint density at radius 3 is 2.24 bits per heavy atom. The number of hydrogen-bond donors (Lipinski definition) is 1. The molecule has 0 spiro atoms. The van der Waals surface area contributed by atoms with Gasteiger partial charge in [0.15, 0.2) is 0 Å². The van der Waals surface area contributed by atoms with Crippen LogP contribution in [0.1, 0.15) is 41.1 Å². The molecule has 1 aliphatic rings. The van der Waals surface area contributed by atoms with E-state index >= 15 is 0 Å². The fourth-order valence-corrected chi connectivity index (χ4v) is 4.92. The van der Waals surface area contributed by atoms with Crippen molar-refractivity contribution in [2.45, 2.75) is 38.3 Å². The van der Waals surface area contributed by atoms with Gasteiger partial charge in [0.25, 0.3) is 0 Å². The number of aryl methyl sites for hydroxylation is 1. The van der Waals surface area contributed by atoms with Crippen molar-refractivity contribution in [3.63, 3.8) is 0 Å². The molecule has 1 N–H and O–H groups in total. The van der Waals surface area contributed by atoms with E-state index in [1.807, 2.05) is 79.7 Å². The molecule has 6 heteroatoms. The molecule has 0 bridgehead atoms. The number of nitrogens with zero attached hydrogens (tertiary/aromatic N) is 1. The third-order valence-electron chi connectivity index (χ3n) is 7.05. The maximum atomic E-state index is 13.1. The van der Waals surface area contributed by atoms with Crippen molar-refractivity contribution < 1.29 is 13.9 Å². The summed E-state index contributed by atoms with van der Waals surface area (Å²) in [5, 5.41) is 3.88. The number of carbonyl (C=O) groups is 1. The molecule has 2 heterocycles. The second kappa shape index (κ2) is 11.0. The van der Waals surface area contributed by atoms with Gasteiger partial charge in [0.1, 0.15) is 17.4 Å². The largest absolute Gasteiger partial charge is 0.490 e. The Balaban J connectivity index is 1.35. The summed E-state index contributed by atoms with van der Waals surface area (Å²) in [4.78, 5) is 28.3. The van der Waals surface area contributed by atoms with Crippen LogP contribution in [-0.2, 0) is 11.2 Å². The topological polar surface area (TPSA) is 71.8 Å². The molecule has 37 heavy (non-hydrogen) atoms. The highest BCUT2D eigenvalue weighted by Crippen LogP contribution is 2.29. The van der Waals surface area contributed by atoms with Crippen molar-refractivity contribution in [2.24, 2.45) is 0 Å². The van der Waals surface area contributed by atoms with Gasteiger partial charge in [-0.2, -0.15) is 0 Å². The highest BCUT2D eigenvalue weighted by atomic mass is 16.5. The lowest BCUT2D eigenvalue weighted by Gasteiger charge is -2.29. The zero-order chi connectivity index (χ0) is 25.8. The molecule has 1 amide bonds. The van der Waals surface area contributed by atoms with Crippen molar-refractivity contribution in [3.8, 4) is 5.75 Å². The zero-order valence-corrected chi connectivity index (χ0v) is 21.3. The molecule has 6 nitrogen and oxygen atoms in total. The summed E-state index contributed by atoms with van der Waals surface area (Å²) in [5.41, 5.74) is 3.08. The van der Waals surface area contributed by atoms with Crippen molar-refractivity contribution >= 4 is 16.9 Å². The average molecular weight is 497 g/mol. The first kappa shape index (κ1) is 24.8. The number of amides is 1. The van der Waals surface area contributed by atoms with Gasteiger partial charge in [-0.1, -0.05) is 60.7 Å². The Kier molecular flexibility index (Phi) is 7.37. The summed E-state index contributed by atoms with van der Waals surface area (Å²) >= 11 is 0. The minimum atomic E-state index is -0.502. The van der Waals surface area contributed by atoms with Crippen LogP contribution in [0.5, 0.6) is 5.75 Å². The minimum Gasteiger partial charge on any atom is -0.490 e. The molecule has 0 atom stereocenters. The Hall–Kier alpha value is -3.90. The first-order valence-corrected chi connectivity index (χ1v) is 12.8. The summed E-state index contributed by atoms with van der Waals surface area (Å²) in [6.45, 7) is 3.92. The van der Waals surface area contributed by atoms with Gasteiger partial charge in [0.05, 0.1) is 12.5 Å². The second-order valence-corrected chi connectivity index (χ2v) is 9.79. The third-order valence-corrected chi connectivity index (χ3v) is 7.05. The Morgan fingerprint density at radius 2 is 1.62 bits per heavy atom. The standard InChI is InChI=1S/C31H32N2O4/c1-21-27(36-26-15-17-33(2)18-16-26)14-13-24-19-25(31(35)37-30(21)24)20-28(34)32-29(22-9-5-3-6-10-22)23-11-7-4-8-12-23/h3-14,19,26,29H,15-18,20H2,1-2H3,(H,32,34). The SMILES string of the molecule is Cc1c(OC2CCN(C)CC2)ccc2cc(CC(=O)NC(c3ccccc3)c3ccccc3)c(=O)oc12. The third kappa shape index (κ3) is 5.75. The van der Waals surface area contributed by atoms with Gasteiger partial charge in [0.2, 0.25) is 5.91 Å². The molecule has 0 aliphatic carbocycles. The number of likely N-dealkylation sites (tertiary alicyclic amines) is 1. The molecule has 0 saturated carbocycles. The number of rotatable bonds is 7. The Bertz CT molecular complexity index is 1390. The maximum absolute atomic E-state index is 13.1. The Morgan fingerprint density at radius 1 is 1.00 bits per heavy atom. The van der Waals surface area contributed by atoms with Crippen molar-refractivity contribution in [1.82, 2.24) is 10.2 Å². The number of hydrogen-bond acceptors (Lipinski definition) is 5. The minimum absolute atomic E-state index is 0.0681. The molecule has 1 aliphatic heterocycles.